The molecule has 0 unspecified atom stereocenters. The van der Waals surface area contributed by atoms with E-state index in [-0.39, 0.29) is 24.8 Å². The number of nitrogens with one attached hydrogen (secondary N) is 2. The largest absolute Gasteiger partial charge is 0.493 e. The molecule has 21 heavy (non-hydrogen) atoms. The number of carbonyl (C=O) groups is 1. The van der Waals surface area contributed by atoms with Gasteiger partial charge in [0.05, 0.1) is 19.6 Å². The van der Waals surface area contributed by atoms with Crippen molar-refractivity contribution in [1.29, 1.82) is 0 Å². The highest BCUT2D eigenvalue weighted by Gasteiger charge is 2.07. The third kappa shape index (κ3) is 7.06. The van der Waals surface area contributed by atoms with E-state index in [0.717, 1.165) is 5.56 Å². The van der Waals surface area contributed by atoms with Crippen molar-refractivity contribution in [3.8, 4) is 5.75 Å². The lowest BCUT2D eigenvalue weighted by molar-refractivity contribution is -0.121. The Morgan fingerprint density at radius 2 is 2.14 bits per heavy atom. The molecule has 1 amide bonds. The summed E-state index contributed by atoms with van der Waals surface area (Å²) in [5.74, 6) is 0.222. The predicted octanol–water partition coefficient (Wildman–Crippen LogP) is 1.47. The molecule has 118 valence electrons. The summed E-state index contributed by atoms with van der Waals surface area (Å²) in [5, 5.41) is 5.84. The molecule has 0 aliphatic carbocycles. The monoisotopic (exact) mass is 298 g/mol. The molecular weight excluding hydrogens is 275 g/mol. The van der Waals surface area contributed by atoms with Gasteiger partial charge in [0.15, 0.2) is 0 Å². The standard InChI is InChI=1S/C15H23FN2O3/c1-3-18-15(19)6-8-21-14-5-4-13(16)10-12(14)11-17-7-9-20-2/h4-5,10,17H,3,6-9,11H2,1-2H3,(H,18,19). The fourth-order valence-corrected chi connectivity index (χ4v) is 1.76. The third-order valence-corrected chi connectivity index (χ3v) is 2.78. The van der Waals surface area contributed by atoms with E-state index in [1.54, 1.807) is 13.2 Å². The van der Waals surface area contributed by atoms with Gasteiger partial charge in [-0.1, -0.05) is 0 Å². The number of ether oxygens (including phenoxy) is 2. The van der Waals surface area contributed by atoms with E-state index in [1.165, 1.54) is 12.1 Å². The van der Waals surface area contributed by atoms with Crippen molar-refractivity contribution in [2.24, 2.45) is 0 Å². The quantitative estimate of drug-likeness (QED) is 0.642. The molecule has 0 aliphatic heterocycles. The highest BCUT2D eigenvalue weighted by atomic mass is 19.1. The molecule has 1 rings (SSSR count). The molecule has 1 aromatic rings. The molecule has 0 fully saturated rings. The van der Waals surface area contributed by atoms with Gasteiger partial charge in [0.2, 0.25) is 5.91 Å². The van der Waals surface area contributed by atoms with Crippen LogP contribution in [-0.2, 0) is 16.1 Å². The van der Waals surface area contributed by atoms with Crippen LogP contribution in [0.4, 0.5) is 4.39 Å². The Morgan fingerprint density at radius 1 is 1.33 bits per heavy atom. The summed E-state index contributed by atoms with van der Waals surface area (Å²) < 4.78 is 23.8. The normalized spacial score (nSPS) is 10.4. The average molecular weight is 298 g/mol. The van der Waals surface area contributed by atoms with Gasteiger partial charge in [-0.15, -0.1) is 0 Å². The van der Waals surface area contributed by atoms with E-state index in [0.29, 0.717) is 32.0 Å². The number of methoxy groups -OCH3 is 1. The first-order valence-electron chi connectivity index (χ1n) is 7.05. The van der Waals surface area contributed by atoms with Crippen molar-refractivity contribution < 1.29 is 18.7 Å². The number of rotatable bonds is 10. The maximum absolute atomic E-state index is 13.3. The Hall–Kier alpha value is -1.66. The zero-order chi connectivity index (χ0) is 15.5. The smallest absolute Gasteiger partial charge is 0.223 e. The summed E-state index contributed by atoms with van der Waals surface area (Å²) in [5.41, 5.74) is 0.724. The summed E-state index contributed by atoms with van der Waals surface area (Å²) in [6.45, 7) is 4.47. The Morgan fingerprint density at radius 3 is 2.86 bits per heavy atom. The molecule has 1 aromatic carbocycles. The highest BCUT2D eigenvalue weighted by molar-refractivity contribution is 5.75. The predicted molar refractivity (Wildman–Crippen MR) is 78.8 cm³/mol. The maximum Gasteiger partial charge on any atom is 0.223 e. The van der Waals surface area contributed by atoms with Crippen molar-refractivity contribution in [1.82, 2.24) is 10.6 Å². The van der Waals surface area contributed by atoms with Crippen LogP contribution in [0.25, 0.3) is 0 Å². The molecule has 0 bridgehead atoms. The number of hydrogen-bond acceptors (Lipinski definition) is 4. The number of halogens is 1. The minimum Gasteiger partial charge on any atom is -0.493 e. The first-order valence-corrected chi connectivity index (χ1v) is 7.05. The van der Waals surface area contributed by atoms with Crippen LogP contribution in [0, 0.1) is 5.82 Å². The molecule has 2 N–H and O–H groups in total. The Labute approximate surface area is 124 Å². The van der Waals surface area contributed by atoms with E-state index in [9.17, 15) is 9.18 Å². The second-order valence-corrected chi connectivity index (χ2v) is 4.47. The molecule has 0 saturated carbocycles. The van der Waals surface area contributed by atoms with E-state index in [4.69, 9.17) is 9.47 Å². The van der Waals surface area contributed by atoms with Gasteiger partial charge < -0.3 is 20.1 Å². The van der Waals surface area contributed by atoms with Gasteiger partial charge in [-0.05, 0) is 25.1 Å². The SMILES string of the molecule is CCNC(=O)CCOc1ccc(F)cc1CNCCOC. The van der Waals surface area contributed by atoms with Gasteiger partial charge in [-0.3, -0.25) is 4.79 Å². The lowest BCUT2D eigenvalue weighted by Crippen LogP contribution is -2.24. The maximum atomic E-state index is 13.3. The lowest BCUT2D eigenvalue weighted by atomic mass is 10.2. The van der Waals surface area contributed by atoms with Crippen molar-refractivity contribution in [3.63, 3.8) is 0 Å². The van der Waals surface area contributed by atoms with Crippen LogP contribution < -0.4 is 15.4 Å². The summed E-state index contributed by atoms with van der Waals surface area (Å²) in [7, 11) is 1.62. The first-order chi connectivity index (χ1) is 10.2. The van der Waals surface area contributed by atoms with E-state index in [2.05, 4.69) is 10.6 Å². The molecule has 0 atom stereocenters. The summed E-state index contributed by atoms with van der Waals surface area (Å²) in [4.78, 5) is 11.3. The number of amides is 1. The fourth-order valence-electron chi connectivity index (χ4n) is 1.76. The molecule has 6 heteroatoms. The van der Waals surface area contributed by atoms with Gasteiger partial charge >= 0.3 is 0 Å². The van der Waals surface area contributed by atoms with Crippen molar-refractivity contribution >= 4 is 5.91 Å². The van der Waals surface area contributed by atoms with Crippen LogP contribution >= 0.6 is 0 Å². The van der Waals surface area contributed by atoms with E-state index >= 15 is 0 Å². The minimum atomic E-state index is -0.311. The van der Waals surface area contributed by atoms with Crippen LogP contribution in [0.15, 0.2) is 18.2 Å². The summed E-state index contributed by atoms with van der Waals surface area (Å²) >= 11 is 0. The number of benzene rings is 1. The highest BCUT2D eigenvalue weighted by Crippen LogP contribution is 2.19. The lowest BCUT2D eigenvalue weighted by Gasteiger charge is -2.12. The van der Waals surface area contributed by atoms with Gasteiger partial charge in [-0.2, -0.15) is 0 Å². The minimum absolute atomic E-state index is 0.0561. The molecule has 5 nitrogen and oxygen atoms in total. The molecule has 0 heterocycles. The van der Waals surface area contributed by atoms with E-state index < -0.39 is 0 Å². The van der Waals surface area contributed by atoms with Crippen LogP contribution in [0.3, 0.4) is 0 Å². The van der Waals surface area contributed by atoms with Crippen molar-refractivity contribution in [2.75, 3.05) is 33.4 Å². The Bertz CT molecular complexity index is 441. The average Bonchev–Trinajstić information content (AvgIpc) is 2.46. The zero-order valence-electron chi connectivity index (χ0n) is 12.6. The van der Waals surface area contributed by atoms with Gasteiger partial charge in [0.1, 0.15) is 11.6 Å². The van der Waals surface area contributed by atoms with Gasteiger partial charge in [0.25, 0.3) is 0 Å². The number of carbonyl (C=O) groups excluding carboxylic acids is 1. The summed E-state index contributed by atoms with van der Waals surface area (Å²) in [6.07, 6.45) is 0.280. The molecule has 0 aliphatic rings. The molecule has 0 saturated heterocycles. The Balaban J connectivity index is 2.49. The number of hydrogen-bond donors (Lipinski definition) is 2. The Kier molecular flexibility index (Phi) is 8.38. The van der Waals surface area contributed by atoms with Crippen molar-refractivity contribution in [2.45, 2.75) is 19.9 Å². The molecule has 0 aromatic heterocycles. The second-order valence-electron chi connectivity index (χ2n) is 4.47. The molecule has 0 spiro atoms. The topological polar surface area (TPSA) is 59.6 Å². The summed E-state index contributed by atoms with van der Waals surface area (Å²) in [6, 6.07) is 4.36. The van der Waals surface area contributed by atoms with Crippen LogP contribution in [0.5, 0.6) is 5.75 Å². The second kappa shape index (κ2) is 10.1. The van der Waals surface area contributed by atoms with Crippen molar-refractivity contribution in [3.05, 3.63) is 29.6 Å². The van der Waals surface area contributed by atoms with Gasteiger partial charge in [-0.25, -0.2) is 4.39 Å². The molecular formula is C15H23FN2O3. The van der Waals surface area contributed by atoms with Crippen LogP contribution in [0.1, 0.15) is 18.9 Å². The molecule has 0 radical (unpaired) electrons. The zero-order valence-corrected chi connectivity index (χ0v) is 12.6. The van der Waals surface area contributed by atoms with E-state index in [1.807, 2.05) is 6.92 Å². The van der Waals surface area contributed by atoms with Crippen LogP contribution in [0.2, 0.25) is 0 Å². The van der Waals surface area contributed by atoms with Crippen LogP contribution in [-0.4, -0.2) is 39.3 Å². The van der Waals surface area contributed by atoms with Gasteiger partial charge in [0, 0.05) is 32.3 Å². The first kappa shape index (κ1) is 17.4. The fraction of sp³-hybridized carbons (Fsp3) is 0.533. The third-order valence-electron chi connectivity index (χ3n) is 2.78.